The molecule has 2 rings (SSSR count). The highest BCUT2D eigenvalue weighted by molar-refractivity contribution is 8.14. The van der Waals surface area contributed by atoms with Crippen molar-refractivity contribution in [3.05, 3.63) is 46.7 Å². The van der Waals surface area contributed by atoms with Crippen molar-refractivity contribution in [2.75, 3.05) is 0 Å². The summed E-state index contributed by atoms with van der Waals surface area (Å²) in [7, 11) is 0. The zero-order valence-corrected chi connectivity index (χ0v) is 14.2. The third kappa shape index (κ3) is 3.92. The van der Waals surface area contributed by atoms with E-state index in [4.69, 9.17) is 10.5 Å². The lowest BCUT2D eigenvalue weighted by atomic mass is 9.97. The molecule has 4 nitrogen and oxygen atoms in total. The summed E-state index contributed by atoms with van der Waals surface area (Å²) in [5.74, 6) is -0.687. The van der Waals surface area contributed by atoms with Gasteiger partial charge < -0.3 is 10.5 Å². The maximum Gasteiger partial charge on any atom is 0.416 e. The van der Waals surface area contributed by atoms with Crippen molar-refractivity contribution in [1.82, 2.24) is 0 Å². The molecule has 1 heterocycles. The number of carbonyl (C=O) groups is 1. The second-order valence-electron chi connectivity index (χ2n) is 5.49. The Hall–Kier alpha value is -1.96. The number of benzene rings is 1. The number of nitrogens with two attached hydrogens (primary N) is 1. The number of hydrogen-bond acceptors (Lipinski definition) is 5. The minimum Gasteiger partial charge on any atom is -0.460 e. The first-order valence-corrected chi connectivity index (χ1v) is 8.08. The topological polar surface area (TPSA) is 64.7 Å². The van der Waals surface area contributed by atoms with Crippen LogP contribution in [0.2, 0.25) is 0 Å². The van der Waals surface area contributed by atoms with Crippen LogP contribution >= 0.6 is 11.8 Å². The molecule has 0 unspecified atom stereocenters. The molecule has 1 aromatic rings. The van der Waals surface area contributed by atoms with Crippen LogP contribution in [0.3, 0.4) is 0 Å². The molecule has 0 bridgehead atoms. The van der Waals surface area contributed by atoms with Gasteiger partial charge in [-0.2, -0.15) is 13.2 Å². The smallest absolute Gasteiger partial charge is 0.416 e. The molecule has 0 spiro atoms. The highest BCUT2D eigenvalue weighted by Gasteiger charge is 2.39. The molecule has 0 aliphatic carbocycles. The van der Waals surface area contributed by atoms with Crippen LogP contribution in [0.1, 0.15) is 37.1 Å². The van der Waals surface area contributed by atoms with Crippen LogP contribution in [0, 0.1) is 0 Å². The quantitative estimate of drug-likeness (QED) is 0.829. The molecule has 130 valence electrons. The van der Waals surface area contributed by atoms with E-state index in [2.05, 4.69) is 4.99 Å². The molecule has 1 aromatic carbocycles. The van der Waals surface area contributed by atoms with E-state index in [1.165, 1.54) is 25.1 Å². The summed E-state index contributed by atoms with van der Waals surface area (Å²) < 4.78 is 45.2. The number of thioether (sulfide) groups is 1. The van der Waals surface area contributed by atoms with Crippen molar-refractivity contribution in [3.8, 4) is 0 Å². The number of carbonyl (C=O) groups excluding carboxylic acids is 1. The molecule has 0 radical (unpaired) electrons. The molecular formula is C16H17F3N2O2S. The molecule has 0 saturated heterocycles. The van der Waals surface area contributed by atoms with Gasteiger partial charge in [0.05, 0.1) is 28.2 Å². The number of esters is 1. The normalized spacial score (nSPS) is 18.6. The van der Waals surface area contributed by atoms with Gasteiger partial charge >= 0.3 is 12.1 Å². The summed E-state index contributed by atoms with van der Waals surface area (Å²) in [5, 5.41) is -0.817. The lowest BCUT2D eigenvalue weighted by molar-refractivity contribution is -0.143. The monoisotopic (exact) mass is 358 g/mol. The Morgan fingerprint density at radius 2 is 1.96 bits per heavy atom. The highest BCUT2D eigenvalue weighted by atomic mass is 32.2. The number of rotatable bonds is 3. The first kappa shape index (κ1) is 18.4. The Labute approximate surface area is 142 Å². The minimum absolute atomic E-state index is 0.0390. The van der Waals surface area contributed by atoms with Crippen LogP contribution < -0.4 is 5.73 Å². The van der Waals surface area contributed by atoms with Crippen LogP contribution in [0.5, 0.6) is 0 Å². The van der Waals surface area contributed by atoms with Gasteiger partial charge in [-0.05, 0) is 32.4 Å². The van der Waals surface area contributed by atoms with Gasteiger partial charge in [0.1, 0.15) is 0 Å². The summed E-state index contributed by atoms with van der Waals surface area (Å²) in [5.41, 5.74) is 5.22. The highest BCUT2D eigenvalue weighted by Crippen LogP contribution is 2.46. The average molecular weight is 358 g/mol. The molecule has 1 aliphatic heterocycles. The van der Waals surface area contributed by atoms with Gasteiger partial charge in [-0.15, -0.1) is 0 Å². The maximum absolute atomic E-state index is 13.3. The third-order valence-corrected chi connectivity index (χ3v) is 4.34. The number of allylic oxidation sites excluding steroid dienone is 1. The second kappa shape index (κ2) is 6.88. The standard InChI is InChI=1S/C16H17F3N2O2S/c1-8(2)23-14(22)12-9(3)21-15(20)24-13(12)10-6-4-5-7-11(10)16(17,18)19/h4-8,13H,1-3H3,(H2,20,21)/t13-/m0/s1. The number of aliphatic imine (C=N–C) groups is 1. The van der Waals surface area contributed by atoms with Crippen LogP contribution in [-0.2, 0) is 15.7 Å². The fourth-order valence-corrected chi connectivity index (χ4v) is 3.50. The van der Waals surface area contributed by atoms with Crippen molar-refractivity contribution < 1.29 is 22.7 Å². The van der Waals surface area contributed by atoms with E-state index in [1.807, 2.05) is 0 Å². The summed E-state index contributed by atoms with van der Waals surface area (Å²) in [6.07, 6.45) is -4.94. The number of nitrogens with zero attached hydrogens (tertiary/aromatic N) is 1. The second-order valence-corrected chi connectivity index (χ2v) is 6.61. The molecule has 0 aromatic heterocycles. The van der Waals surface area contributed by atoms with Crippen LogP contribution in [0.4, 0.5) is 13.2 Å². The Morgan fingerprint density at radius 1 is 1.33 bits per heavy atom. The Balaban J connectivity index is 2.57. The Morgan fingerprint density at radius 3 is 2.54 bits per heavy atom. The van der Waals surface area contributed by atoms with Gasteiger partial charge in [0.25, 0.3) is 0 Å². The van der Waals surface area contributed by atoms with Crippen molar-refractivity contribution in [3.63, 3.8) is 0 Å². The van der Waals surface area contributed by atoms with Gasteiger partial charge in [-0.3, -0.25) is 0 Å². The number of hydrogen-bond donors (Lipinski definition) is 1. The number of halogens is 3. The lowest BCUT2D eigenvalue weighted by Crippen LogP contribution is -2.25. The van der Waals surface area contributed by atoms with Crippen LogP contribution in [0.15, 0.2) is 40.5 Å². The lowest BCUT2D eigenvalue weighted by Gasteiger charge is -2.26. The van der Waals surface area contributed by atoms with E-state index in [1.54, 1.807) is 13.8 Å². The molecule has 1 atom stereocenters. The van der Waals surface area contributed by atoms with E-state index in [0.29, 0.717) is 0 Å². The summed E-state index contributed by atoms with van der Waals surface area (Å²) in [6, 6.07) is 5.13. The molecule has 2 N–H and O–H groups in total. The molecular weight excluding hydrogens is 341 g/mol. The van der Waals surface area contributed by atoms with Crippen LogP contribution in [0.25, 0.3) is 0 Å². The van der Waals surface area contributed by atoms with E-state index >= 15 is 0 Å². The Kier molecular flexibility index (Phi) is 5.27. The van der Waals surface area contributed by atoms with Gasteiger partial charge in [0.15, 0.2) is 5.17 Å². The molecule has 0 amide bonds. The van der Waals surface area contributed by atoms with Crippen molar-refractivity contribution in [1.29, 1.82) is 0 Å². The van der Waals surface area contributed by atoms with E-state index < -0.39 is 29.1 Å². The summed E-state index contributed by atoms with van der Waals surface area (Å²) >= 11 is 0.906. The zero-order valence-electron chi connectivity index (χ0n) is 13.3. The van der Waals surface area contributed by atoms with E-state index in [-0.39, 0.29) is 22.0 Å². The van der Waals surface area contributed by atoms with Gasteiger partial charge in [-0.25, -0.2) is 9.79 Å². The largest absolute Gasteiger partial charge is 0.460 e. The molecule has 24 heavy (non-hydrogen) atoms. The molecule has 8 heteroatoms. The van der Waals surface area contributed by atoms with E-state index in [0.717, 1.165) is 17.8 Å². The SMILES string of the molecule is CC1=C(C(=O)OC(C)C)[C@H](c2ccccc2C(F)(F)F)SC(N)=N1. The molecule has 1 aliphatic rings. The Bertz CT molecular complexity index is 712. The fourth-order valence-electron chi connectivity index (χ4n) is 2.36. The number of amidine groups is 1. The molecule has 0 saturated carbocycles. The summed E-state index contributed by atoms with van der Waals surface area (Å²) in [6.45, 7) is 4.87. The minimum atomic E-state index is -4.54. The number of alkyl halides is 3. The average Bonchev–Trinajstić information content (AvgIpc) is 2.44. The molecule has 0 fully saturated rings. The summed E-state index contributed by atoms with van der Waals surface area (Å²) in [4.78, 5) is 16.4. The van der Waals surface area contributed by atoms with Crippen molar-refractivity contribution >= 4 is 22.9 Å². The van der Waals surface area contributed by atoms with Gasteiger partial charge in [0.2, 0.25) is 0 Å². The van der Waals surface area contributed by atoms with Crippen LogP contribution in [-0.4, -0.2) is 17.2 Å². The van der Waals surface area contributed by atoms with E-state index in [9.17, 15) is 18.0 Å². The maximum atomic E-state index is 13.3. The fraction of sp³-hybridized carbons (Fsp3) is 0.375. The van der Waals surface area contributed by atoms with Crippen molar-refractivity contribution in [2.45, 2.75) is 38.3 Å². The predicted molar refractivity (Wildman–Crippen MR) is 87.3 cm³/mol. The third-order valence-electron chi connectivity index (χ3n) is 3.28. The van der Waals surface area contributed by atoms with Gasteiger partial charge in [0, 0.05) is 0 Å². The predicted octanol–water partition coefficient (Wildman–Crippen LogP) is 4.03. The zero-order chi connectivity index (χ0) is 18.1. The first-order chi connectivity index (χ1) is 11.1. The number of ether oxygens (including phenoxy) is 1. The first-order valence-electron chi connectivity index (χ1n) is 7.20. The van der Waals surface area contributed by atoms with Gasteiger partial charge in [-0.1, -0.05) is 30.0 Å². The van der Waals surface area contributed by atoms with Crippen molar-refractivity contribution in [2.24, 2.45) is 10.7 Å².